The van der Waals surface area contributed by atoms with Crippen LogP contribution in [0.25, 0.3) is 11.0 Å². The van der Waals surface area contributed by atoms with Gasteiger partial charge in [0.05, 0.1) is 5.52 Å². The molecule has 1 amide bonds. The minimum absolute atomic E-state index is 0.0292. The number of nitrogens with one attached hydrogen (secondary N) is 2. The fourth-order valence-corrected chi connectivity index (χ4v) is 4.13. The molecule has 1 saturated heterocycles. The van der Waals surface area contributed by atoms with Gasteiger partial charge in [0.1, 0.15) is 22.6 Å². The summed E-state index contributed by atoms with van der Waals surface area (Å²) in [6.07, 6.45) is 3.26. The summed E-state index contributed by atoms with van der Waals surface area (Å²) in [6.45, 7) is 1.21. The number of halogens is 1. The Bertz CT molecular complexity index is 1160. The van der Waals surface area contributed by atoms with Crippen LogP contribution in [0.4, 0.5) is 5.82 Å². The second kappa shape index (κ2) is 7.40. The van der Waals surface area contributed by atoms with Crippen LogP contribution in [-0.2, 0) is 16.2 Å². The molecule has 2 aromatic heterocycles. The monoisotopic (exact) mass is 423 g/mol. The number of carbonyl (C=O) groups is 1. The Kier molecular flexibility index (Phi) is 4.70. The highest BCUT2D eigenvalue weighted by Crippen LogP contribution is 2.50. The minimum atomic E-state index is -0.539. The van der Waals surface area contributed by atoms with Crippen LogP contribution in [0.1, 0.15) is 37.1 Å². The average molecular weight is 424 g/mol. The van der Waals surface area contributed by atoms with Gasteiger partial charge in [0, 0.05) is 13.1 Å². The fraction of sp³-hybridized carbons (Fsp3) is 0.364. The molecule has 5 rings (SSSR count). The number of carbonyl (C=O) groups excluding carboxylic acids is 1. The highest BCUT2D eigenvalue weighted by atomic mass is 35.5. The first-order valence-electron chi connectivity index (χ1n) is 10.2. The van der Waals surface area contributed by atoms with E-state index in [2.05, 4.69) is 20.3 Å². The van der Waals surface area contributed by atoms with Gasteiger partial charge in [-0.2, -0.15) is 0 Å². The first kappa shape index (κ1) is 19.1. The molecule has 3 heterocycles. The van der Waals surface area contributed by atoms with Crippen molar-refractivity contribution in [3.63, 3.8) is 0 Å². The molecule has 2 N–H and O–H groups in total. The van der Waals surface area contributed by atoms with Crippen molar-refractivity contribution in [3.05, 3.63) is 64.2 Å². The molecular formula is C22H22ClN5O2. The maximum Gasteiger partial charge on any atom is 0.277 e. The van der Waals surface area contributed by atoms with Gasteiger partial charge in [0.25, 0.3) is 5.56 Å². The van der Waals surface area contributed by atoms with Crippen LogP contribution >= 0.6 is 11.6 Å². The second-order valence-electron chi connectivity index (χ2n) is 7.97. The van der Waals surface area contributed by atoms with Gasteiger partial charge in [-0.05, 0) is 43.4 Å². The molecule has 3 aromatic rings. The summed E-state index contributed by atoms with van der Waals surface area (Å²) in [5, 5.41) is 3.02. The van der Waals surface area contributed by atoms with Crippen molar-refractivity contribution < 1.29 is 4.79 Å². The maximum atomic E-state index is 12.8. The van der Waals surface area contributed by atoms with E-state index in [1.54, 1.807) is 6.07 Å². The molecule has 30 heavy (non-hydrogen) atoms. The molecule has 8 heteroatoms. The highest BCUT2D eigenvalue weighted by molar-refractivity contribution is 6.25. The SMILES string of the molecule is O=C(NCc1ccccc1)C1CCCN1c1ccc2nc(C3(Cl)CC3)[nH]c(=O)c2n1. The third-order valence-corrected chi connectivity index (χ3v) is 6.37. The van der Waals surface area contributed by atoms with Gasteiger partial charge in [-0.1, -0.05) is 30.3 Å². The normalized spacial score (nSPS) is 19.8. The van der Waals surface area contributed by atoms with Crippen molar-refractivity contribution in [2.45, 2.75) is 43.1 Å². The van der Waals surface area contributed by atoms with E-state index in [1.165, 1.54) is 0 Å². The van der Waals surface area contributed by atoms with Crippen molar-refractivity contribution in [1.29, 1.82) is 0 Å². The first-order valence-corrected chi connectivity index (χ1v) is 10.6. The lowest BCUT2D eigenvalue weighted by Gasteiger charge is -2.25. The molecule has 2 fully saturated rings. The Hall–Kier alpha value is -2.93. The van der Waals surface area contributed by atoms with Gasteiger partial charge >= 0.3 is 0 Å². The van der Waals surface area contributed by atoms with Gasteiger partial charge in [0.2, 0.25) is 5.91 Å². The van der Waals surface area contributed by atoms with Crippen molar-refractivity contribution in [2.75, 3.05) is 11.4 Å². The van der Waals surface area contributed by atoms with E-state index in [-0.39, 0.29) is 23.0 Å². The summed E-state index contributed by atoms with van der Waals surface area (Å²) in [5.41, 5.74) is 1.55. The van der Waals surface area contributed by atoms with E-state index < -0.39 is 4.87 Å². The topological polar surface area (TPSA) is 91.0 Å². The Morgan fingerprint density at radius 2 is 2.00 bits per heavy atom. The van der Waals surface area contributed by atoms with E-state index in [9.17, 15) is 9.59 Å². The third kappa shape index (κ3) is 3.54. The number of aromatic nitrogens is 3. The van der Waals surface area contributed by atoms with E-state index in [0.717, 1.165) is 37.8 Å². The van der Waals surface area contributed by atoms with Gasteiger partial charge < -0.3 is 15.2 Å². The Morgan fingerprint density at radius 3 is 2.77 bits per heavy atom. The van der Waals surface area contributed by atoms with E-state index in [0.29, 0.717) is 23.7 Å². The largest absolute Gasteiger partial charge is 0.350 e. The third-order valence-electron chi connectivity index (χ3n) is 5.81. The zero-order chi connectivity index (χ0) is 20.7. The quantitative estimate of drug-likeness (QED) is 0.616. The molecule has 1 aliphatic carbocycles. The smallest absolute Gasteiger partial charge is 0.277 e. The van der Waals surface area contributed by atoms with Gasteiger partial charge in [0.15, 0.2) is 5.52 Å². The minimum Gasteiger partial charge on any atom is -0.350 e. The van der Waals surface area contributed by atoms with Gasteiger partial charge in [-0.25, -0.2) is 9.97 Å². The summed E-state index contributed by atoms with van der Waals surface area (Å²) < 4.78 is 0. The van der Waals surface area contributed by atoms with Gasteiger partial charge in [-0.15, -0.1) is 11.6 Å². The molecule has 154 valence electrons. The number of benzene rings is 1. The predicted octanol–water partition coefficient (Wildman–Crippen LogP) is 2.83. The molecule has 1 saturated carbocycles. The molecule has 7 nitrogen and oxygen atoms in total. The van der Waals surface area contributed by atoms with Crippen LogP contribution < -0.4 is 15.8 Å². The molecule has 1 aliphatic heterocycles. The average Bonchev–Trinajstić information content (AvgIpc) is 3.33. The van der Waals surface area contributed by atoms with Crippen molar-refractivity contribution in [2.24, 2.45) is 0 Å². The van der Waals surface area contributed by atoms with E-state index >= 15 is 0 Å². The van der Waals surface area contributed by atoms with Crippen molar-refractivity contribution >= 4 is 34.4 Å². The number of anilines is 1. The van der Waals surface area contributed by atoms with Crippen molar-refractivity contribution in [3.8, 4) is 0 Å². The number of alkyl halides is 1. The molecule has 0 radical (unpaired) electrons. The predicted molar refractivity (Wildman–Crippen MR) is 116 cm³/mol. The van der Waals surface area contributed by atoms with Crippen LogP contribution in [0.15, 0.2) is 47.3 Å². The molecule has 2 aliphatic rings. The summed E-state index contributed by atoms with van der Waals surface area (Å²) in [5.74, 6) is 1.10. The van der Waals surface area contributed by atoms with Crippen LogP contribution in [0, 0.1) is 0 Å². The molecule has 0 bridgehead atoms. The number of pyridine rings is 1. The van der Waals surface area contributed by atoms with Crippen LogP contribution in [0.3, 0.4) is 0 Å². The van der Waals surface area contributed by atoms with E-state index in [1.807, 2.05) is 41.3 Å². The lowest BCUT2D eigenvalue weighted by molar-refractivity contribution is -0.122. The number of fused-ring (bicyclic) bond motifs is 1. The zero-order valence-electron chi connectivity index (χ0n) is 16.4. The number of rotatable bonds is 5. The summed E-state index contributed by atoms with van der Waals surface area (Å²) in [6, 6.07) is 13.1. The molecule has 0 spiro atoms. The Morgan fingerprint density at radius 1 is 1.20 bits per heavy atom. The number of hydrogen-bond donors (Lipinski definition) is 2. The number of H-pyrrole nitrogens is 1. The molecular weight excluding hydrogens is 402 g/mol. The molecule has 1 aromatic carbocycles. The summed E-state index contributed by atoms with van der Waals surface area (Å²) in [4.78, 5) is 38.7. The van der Waals surface area contributed by atoms with Crippen LogP contribution in [0.5, 0.6) is 0 Å². The number of aromatic amines is 1. The van der Waals surface area contributed by atoms with Crippen LogP contribution in [0.2, 0.25) is 0 Å². The first-order chi connectivity index (χ1) is 14.5. The Balaban J connectivity index is 1.37. The Labute approximate surface area is 178 Å². The van der Waals surface area contributed by atoms with E-state index in [4.69, 9.17) is 11.6 Å². The fourth-order valence-electron chi connectivity index (χ4n) is 3.95. The van der Waals surface area contributed by atoms with Crippen molar-refractivity contribution in [1.82, 2.24) is 20.3 Å². The second-order valence-corrected chi connectivity index (χ2v) is 8.70. The standard InChI is InChI=1S/C22H22ClN5O2/c23-22(10-11-22)21-25-15-8-9-17(26-18(15)20(30)27-21)28-12-4-7-16(28)19(29)24-13-14-5-2-1-3-6-14/h1-3,5-6,8-9,16H,4,7,10-13H2,(H,24,29)(H,25,27,30). The zero-order valence-corrected chi connectivity index (χ0v) is 17.2. The molecule has 1 atom stereocenters. The lowest BCUT2D eigenvalue weighted by Crippen LogP contribution is -2.43. The molecule has 1 unspecified atom stereocenters. The lowest BCUT2D eigenvalue weighted by atomic mass is 10.2. The van der Waals surface area contributed by atoms with Gasteiger partial charge in [-0.3, -0.25) is 9.59 Å². The number of hydrogen-bond acceptors (Lipinski definition) is 5. The highest BCUT2D eigenvalue weighted by Gasteiger charge is 2.45. The summed E-state index contributed by atoms with van der Waals surface area (Å²) in [7, 11) is 0. The van der Waals surface area contributed by atoms with Crippen LogP contribution in [-0.4, -0.2) is 33.4 Å². The maximum absolute atomic E-state index is 12.8. The number of amides is 1. The number of nitrogens with zero attached hydrogens (tertiary/aromatic N) is 3. The summed E-state index contributed by atoms with van der Waals surface area (Å²) >= 11 is 6.40.